The molecule has 2 aliphatic rings. The lowest BCUT2D eigenvalue weighted by Crippen LogP contribution is -2.52. The van der Waals surface area contributed by atoms with Crippen LogP contribution in [0.15, 0.2) is 84.4 Å². The maximum Gasteiger partial charge on any atom is 0.129 e. The van der Waals surface area contributed by atoms with Crippen molar-refractivity contribution >= 4 is 11.3 Å². The predicted molar refractivity (Wildman–Crippen MR) is 166 cm³/mol. The van der Waals surface area contributed by atoms with Crippen LogP contribution in [0, 0.1) is 0 Å². The molecule has 0 radical (unpaired) electrons. The number of allylic oxidation sites excluding steroid dienone is 6. The highest BCUT2D eigenvalue weighted by Crippen LogP contribution is 2.43. The van der Waals surface area contributed by atoms with E-state index in [0.29, 0.717) is 19.8 Å². The number of ether oxygens (including phenoxy) is 2. The van der Waals surface area contributed by atoms with E-state index in [9.17, 15) is 0 Å². The van der Waals surface area contributed by atoms with Crippen LogP contribution >= 0.6 is 0 Å². The number of benzene rings is 1. The molecule has 1 saturated heterocycles. The van der Waals surface area contributed by atoms with Gasteiger partial charge >= 0.3 is 0 Å². The van der Waals surface area contributed by atoms with Crippen molar-refractivity contribution in [1.82, 2.24) is 15.1 Å². The number of hydrogen-bond donors (Lipinski definition) is 1. The lowest BCUT2D eigenvalue weighted by molar-refractivity contribution is -0.0312. The maximum atomic E-state index is 6.47. The minimum Gasteiger partial charge on any atom is -0.488 e. The van der Waals surface area contributed by atoms with Crippen molar-refractivity contribution in [2.24, 2.45) is 0 Å². The summed E-state index contributed by atoms with van der Waals surface area (Å²) in [6, 6.07) is 4.45. The van der Waals surface area contributed by atoms with Crippen molar-refractivity contribution in [3.63, 3.8) is 0 Å². The largest absolute Gasteiger partial charge is 0.488 e. The number of nitrogens with zero attached hydrogens (tertiary/aromatic N) is 2. The maximum absolute atomic E-state index is 6.47. The van der Waals surface area contributed by atoms with Gasteiger partial charge in [-0.25, -0.2) is 0 Å². The van der Waals surface area contributed by atoms with E-state index in [0.717, 1.165) is 69.2 Å². The van der Waals surface area contributed by atoms with E-state index in [4.69, 9.17) is 9.47 Å². The molecule has 210 valence electrons. The van der Waals surface area contributed by atoms with Gasteiger partial charge in [0.05, 0.1) is 24.4 Å². The number of rotatable bonds is 10. The van der Waals surface area contributed by atoms with Gasteiger partial charge in [-0.05, 0) is 87.1 Å². The Morgan fingerprint density at radius 1 is 1.21 bits per heavy atom. The normalized spacial score (nSPS) is 17.6. The topological polar surface area (TPSA) is 37.0 Å². The summed E-state index contributed by atoms with van der Waals surface area (Å²) in [5, 5.41) is 3.21. The van der Waals surface area contributed by atoms with Crippen molar-refractivity contribution in [2.75, 3.05) is 40.5 Å². The molecule has 1 aromatic rings. The van der Waals surface area contributed by atoms with Gasteiger partial charge in [0, 0.05) is 49.4 Å². The van der Waals surface area contributed by atoms with Gasteiger partial charge in [0.25, 0.3) is 0 Å². The number of likely N-dealkylation sites (N-methyl/N-ethyl adjacent to an activating group) is 1. The zero-order chi connectivity index (χ0) is 28.9. The summed E-state index contributed by atoms with van der Waals surface area (Å²) < 4.78 is 12.2. The first kappa shape index (κ1) is 30.1. The summed E-state index contributed by atoms with van der Waals surface area (Å²) in [7, 11) is 4.04. The van der Waals surface area contributed by atoms with Gasteiger partial charge < -0.3 is 24.6 Å². The van der Waals surface area contributed by atoms with Crippen molar-refractivity contribution in [3.05, 3.63) is 101 Å². The molecule has 1 aromatic carbocycles. The van der Waals surface area contributed by atoms with Crippen LogP contribution in [-0.2, 0) is 11.2 Å². The molecule has 2 heterocycles. The third kappa shape index (κ3) is 6.09. The Kier molecular flexibility index (Phi) is 9.73. The van der Waals surface area contributed by atoms with Gasteiger partial charge in [-0.15, -0.1) is 0 Å². The average molecular weight is 530 g/mol. The molecule has 1 fully saturated rings. The fraction of sp³-hybridized carbons (Fsp3) is 0.412. The fourth-order valence-electron chi connectivity index (χ4n) is 5.44. The van der Waals surface area contributed by atoms with Crippen molar-refractivity contribution < 1.29 is 9.47 Å². The van der Waals surface area contributed by atoms with Crippen LogP contribution < -0.4 is 10.1 Å². The minimum absolute atomic E-state index is 0.171. The molecule has 2 aliphatic heterocycles. The zero-order valence-electron chi connectivity index (χ0n) is 25.3. The predicted octanol–water partition coefficient (Wildman–Crippen LogP) is 7.08. The SMILES string of the molecule is C=C(C(=C)N1CCOCC1(C)C)C1=C(N(C)C(/C=C\C)=C/C)c2cc(/C(=C/NC)C(=C)C)c(CC)cc2OC1. The van der Waals surface area contributed by atoms with Crippen LogP contribution in [-0.4, -0.2) is 55.8 Å². The monoisotopic (exact) mass is 529 g/mol. The third-order valence-corrected chi connectivity index (χ3v) is 7.58. The second kappa shape index (κ2) is 12.6. The molecule has 0 unspecified atom stereocenters. The standard InChI is InChI=1S/C34H47N3O2/c1-12-15-27(14-3)36(11)33-29-19-28(30(20-35-10)23(4)5)26(13-2)18-32(29)39-21-31(33)24(6)25(7)37-16-17-38-22-34(37,8)9/h12,14-15,18-20,35H,4,6-7,13,16-17,21-22H2,1-3,5,8-11H3/b15-12-,27-14+,30-20+. The van der Waals surface area contributed by atoms with E-state index in [1.54, 1.807) is 0 Å². The molecule has 0 bridgehead atoms. The highest BCUT2D eigenvalue weighted by molar-refractivity contribution is 5.86. The highest BCUT2D eigenvalue weighted by Gasteiger charge is 2.35. The minimum atomic E-state index is -0.171. The summed E-state index contributed by atoms with van der Waals surface area (Å²) in [6.45, 7) is 28.6. The van der Waals surface area contributed by atoms with Crippen LogP contribution in [0.3, 0.4) is 0 Å². The number of aryl methyl sites for hydroxylation is 1. The van der Waals surface area contributed by atoms with Gasteiger partial charge in [0.15, 0.2) is 0 Å². The molecular weight excluding hydrogens is 482 g/mol. The van der Waals surface area contributed by atoms with Crippen molar-refractivity contribution in [3.8, 4) is 5.75 Å². The first-order chi connectivity index (χ1) is 18.5. The summed E-state index contributed by atoms with van der Waals surface area (Å²) in [5.41, 5.74) is 10.3. The van der Waals surface area contributed by atoms with Gasteiger partial charge in [-0.1, -0.05) is 38.8 Å². The van der Waals surface area contributed by atoms with Crippen LogP contribution in [0.4, 0.5) is 0 Å². The molecule has 39 heavy (non-hydrogen) atoms. The van der Waals surface area contributed by atoms with Crippen LogP contribution in [0.25, 0.3) is 11.3 Å². The van der Waals surface area contributed by atoms with Gasteiger partial charge in [-0.3, -0.25) is 0 Å². The number of nitrogens with one attached hydrogen (secondary N) is 1. The van der Waals surface area contributed by atoms with E-state index in [2.05, 4.69) is 100.0 Å². The Bertz CT molecular complexity index is 1260. The summed E-state index contributed by atoms with van der Waals surface area (Å²) in [5.74, 6) is 0.882. The van der Waals surface area contributed by atoms with Crippen LogP contribution in [0.2, 0.25) is 0 Å². The molecule has 5 nitrogen and oxygen atoms in total. The Labute approximate surface area is 236 Å². The molecule has 5 heteroatoms. The molecule has 0 spiro atoms. The molecule has 0 aliphatic carbocycles. The van der Waals surface area contributed by atoms with Crippen LogP contribution in [0.1, 0.15) is 58.2 Å². The molecular formula is C34H47N3O2. The first-order valence-corrected chi connectivity index (χ1v) is 13.9. The van der Waals surface area contributed by atoms with Crippen molar-refractivity contribution in [1.29, 1.82) is 0 Å². The molecule has 0 amide bonds. The van der Waals surface area contributed by atoms with Crippen molar-refractivity contribution in [2.45, 2.75) is 53.5 Å². The van der Waals surface area contributed by atoms with E-state index < -0.39 is 0 Å². The second-order valence-electron chi connectivity index (χ2n) is 10.8. The fourth-order valence-corrected chi connectivity index (χ4v) is 5.44. The lowest BCUT2D eigenvalue weighted by Gasteiger charge is -2.45. The Hall–Kier alpha value is -3.44. The lowest BCUT2D eigenvalue weighted by atomic mass is 9.88. The van der Waals surface area contributed by atoms with E-state index in [-0.39, 0.29) is 5.54 Å². The smallest absolute Gasteiger partial charge is 0.129 e. The summed E-state index contributed by atoms with van der Waals surface area (Å²) >= 11 is 0. The number of hydrogen-bond acceptors (Lipinski definition) is 5. The number of fused-ring (bicyclic) bond motifs is 1. The van der Waals surface area contributed by atoms with E-state index >= 15 is 0 Å². The zero-order valence-corrected chi connectivity index (χ0v) is 25.3. The molecule has 0 atom stereocenters. The van der Waals surface area contributed by atoms with Gasteiger partial charge in [0.2, 0.25) is 0 Å². The summed E-state index contributed by atoms with van der Waals surface area (Å²) in [6.07, 6.45) is 9.24. The average Bonchev–Trinajstić information content (AvgIpc) is 2.91. The number of morpholine rings is 1. The Balaban J connectivity index is 2.29. The van der Waals surface area contributed by atoms with Gasteiger partial charge in [-0.2, -0.15) is 0 Å². The first-order valence-electron chi connectivity index (χ1n) is 13.9. The molecule has 0 aromatic heterocycles. The second-order valence-corrected chi connectivity index (χ2v) is 10.8. The molecule has 1 N–H and O–H groups in total. The Morgan fingerprint density at radius 2 is 1.92 bits per heavy atom. The highest BCUT2D eigenvalue weighted by atomic mass is 16.5. The van der Waals surface area contributed by atoms with E-state index in [1.165, 1.54) is 5.56 Å². The Morgan fingerprint density at radius 3 is 2.49 bits per heavy atom. The van der Waals surface area contributed by atoms with E-state index in [1.807, 2.05) is 27.1 Å². The van der Waals surface area contributed by atoms with Gasteiger partial charge in [0.1, 0.15) is 12.4 Å². The third-order valence-electron chi connectivity index (χ3n) is 7.58. The molecule has 0 saturated carbocycles. The van der Waals surface area contributed by atoms with Crippen LogP contribution in [0.5, 0.6) is 5.75 Å². The summed E-state index contributed by atoms with van der Waals surface area (Å²) in [4.78, 5) is 4.57. The quantitative estimate of drug-likeness (QED) is 0.328. The molecule has 3 rings (SSSR count).